The third kappa shape index (κ3) is 31.0. The Kier molecular flexibility index (Phi) is 31.9. The van der Waals surface area contributed by atoms with E-state index in [0.29, 0.717) is 43.1 Å². The fourth-order valence-corrected chi connectivity index (χ4v) is 8.02. The quantitative estimate of drug-likeness (QED) is 0.0178. The molecule has 0 saturated heterocycles. The van der Waals surface area contributed by atoms with Crippen LogP contribution in [0.1, 0.15) is 174 Å². The second-order valence-corrected chi connectivity index (χ2v) is 19.2. The van der Waals surface area contributed by atoms with Crippen LogP contribution in [0.2, 0.25) is 0 Å². The van der Waals surface area contributed by atoms with Crippen molar-refractivity contribution in [3.8, 4) is 0 Å². The van der Waals surface area contributed by atoms with Gasteiger partial charge in [0.15, 0.2) is 6.10 Å². The molecule has 0 aromatic carbocycles. The number of aliphatic hydroxyl groups excluding tert-OH is 3. The average Bonchev–Trinajstić information content (AvgIpc) is 3.44. The Hall–Kier alpha value is -1.63. The molecular weight excluding hydrogens is 773 g/mol. The third-order valence-corrected chi connectivity index (χ3v) is 12.0. The van der Waals surface area contributed by atoms with Crippen LogP contribution in [0.4, 0.5) is 0 Å². The highest BCUT2D eigenvalue weighted by molar-refractivity contribution is 7.45. The van der Waals surface area contributed by atoms with Crippen molar-refractivity contribution < 1.29 is 57.4 Å². The number of unbranched alkanes of at least 4 members (excludes halogenated alkanes) is 17. The largest absolute Gasteiger partial charge is 0.756 e. The predicted octanol–water partition coefficient (Wildman–Crippen LogP) is 8.88. The number of hydrogen-bond acceptors (Lipinski definition) is 11. The molecule has 3 N–H and O–H groups in total. The minimum atomic E-state index is -4.69. The Morgan fingerprint density at radius 2 is 1.31 bits per heavy atom. The second-order valence-electron chi connectivity index (χ2n) is 17.7. The van der Waals surface area contributed by atoms with Crippen molar-refractivity contribution in [1.82, 2.24) is 0 Å². The lowest BCUT2D eigenvalue weighted by Gasteiger charge is -2.28. The average molecular weight is 860 g/mol. The van der Waals surface area contributed by atoms with Crippen molar-refractivity contribution in [1.29, 1.82) is 0 Å². The van der Waals surface area contributed by atoms with Gasteiger partial charge in [-0.3, -0.25) is 14.2 Å². The van der Waals surface area contributed by atoms with E-state index in [1.54, 1.807) is 6.08 Å². The summed E-state index contributed by atoms with van der Waals surface area (Å²) >= 11 is 0. The number of hydrogen-bond donors (Lipinski definition) is 3. The molecule has 346 valence electrons. The zero-order chi connectivity index (χ0) is 43.8. The SMILES string of the molecule is CCCCCCCCCCCCCCCCCC(=O)OCC(COP(=O)([O-])OCC[N+](C)(C)C)OC(=O)CCC/C=C\CC1C(O)CC(O)C1/C=C/C(O)CCCCC. The van der Waals surface area contributed by atoms with Gasteiger partial charge in [0.1, 0.15) is 19.8 Å². The summed E-state index contributed by atoms with van der Waals surface area (Å²) in [4.78, 5) is 37.8. The van der Waals surface area contributed by atoms with Gasteiger partial charge in [-0.2, -0.15) is 0 Å². The minimum absolute atomic E-state index is 0.0506. The first kappa shape index (κ1) is 55.4. The summed E-state index contributed by atoms with van der Waals surface area (Å²) < 4.78 is 33.9. The molecule has 1 aliphatic carbocycles. The van der Waals surface area contributed by atoms with E-state index in [1.807, 2.05) is 39.4 Å². The van der Waals surface area contributed by atoms with Crippen molar-refractivity contribution in [2.45, 2.75) is 199 Å². The molecule has 7 unspecified atom stereocenters. The maximum atomic E-state index is 12.8. The first-order chi connectivity index (χ1) is 28.2. The Morgan fingerprint density at radius 1 is 0.746 bits per heavy atom. The molecular formula is C46H86NO11P. The topological polar surface area (TPSA) is 172 Å². The number of nitrogens with zero attached hydrogens (tertiary/aromatic N) is 1. The second kappa shape index (κ2) is 33.9. The molecule has 1 fully saturated rings. The van der Waals surface area contributed by atoms with E-state index in [-0.39, 0.29) is 44.3 Å². The molecule has 12 nitrogen and oxygen atoms in total. The predicted molar refractivity (Wildman–Crippen MR) is 233 cm³/mol. The Bertz CT molecular complexity index is 1180. The highest BCUT2D eigenvalue weighted by atomic mass is 31.2. The van der Waals surface area contributed by atoms with E-state index in [0.717, 1.165) is 38.5 Å². The lowest BCUT2D eigenvalue weighted by molar-refractivity contribution is -0.870. The molecule has 0 spiro atoms. The van der Waals surface area contributed by atoms with Gasteiger partial charge in [0.2, 0.25) is 0 Å². The van der Waals surface area contributed by atoms with Gasteiger partial charge < -0.3 is 43.2 Å². The van der Waals surface area contributed by atoms with Crippen LogP contribution in [0.25, 0.3) is 0 Å². The van der Waals surface area contributed by atoms with Crippen LogP contribution >= 0.6 is 7.82 Å². The number of rotatable bonds is 38. The number of phosphoric acid groups is 1. The number of aliphatic hydroxyl groups is 3. The van der Waals surface area contributed by atoms with E-state index in [4.69, 9.17) is 18.5 Å². The number of quaternary nitrogens is 1. The Balaban J connectivity index is 2.49. The fraction of sp³-hybridized carbons (Fsp3) is 0.870. The van der Waals surface area contributed by atoms with Gasteiger partial charge in [0.05, 0.1) is 46.1 Å². The molecule has 7 atom stereocenters. The summed E-state index contributed by atoms with van der Waals surface area (Å²) in [6, 6.07) is 0. The number of likely N-dealkylation sites (N-methyl/N-ethyl adjacent to an activating group) is 1. The first-order valence-electron chi connectivity index (χ1n) is 23.3. The maximum Gasteiger partial charge on any atom is 0.306 e. The van der Waals surface area contributed by atoms with Gasteiger partial charge in [0, 0.05) is 25.2 Å². The van der Waals surface area contributed by atoms with Crippen molar-refractivity contribution >= 4 is 19.8 Å². The van der Waals surface area contributed by atoms with Gasteiger partial charge in [0.25, 0.3) is 7.82 Å². The molecule has 0 aromatic heterocycles. The zero-order valence-electron chi connectivity index (χ0n) is 37.8. The van der Waals surface area contributed by atoms with Crippen LogP contribution in [0.3, 0.4) is 0 Å². The van der Waals surface area contributed by atoms with E-state index in [2.05, 4.69) is 13.8 Å². The summed E-state index contributed by atoms with van der Waals surface area (Å²) in [5.41, 5.74) is 0. The summed E-state index contributed by atoms with van der Waals surface area (Å²) in [7, 11) is 1.02. The van der Waals surface area contributed by atoms with E-state index in [1.165, 1.54) is 70.6 Å². The van der Waals surface area contributed by atoms with Gasteiger partial charge in [-0.15, -0.1) is 0 Å². The van der Waals surface area contributed by atoms with Gasteiger partial charge in [-0.05, 0) is 38.0 Å². The lowest BCUT2D eigenvalue weighted by atomic mass is 9.89. The number of carbonyl (C=O) groups is 2. The molecule has 1 rings (SSSR count). The molecule has 1 aliphatic rings. The van der Waals surface area contributed by atoms with Crippen molar-refractivity contribution in [2.75, 3.05) is 47.5 Å². The van der Waals surface area contributed by atoms with Crippen molar-refractivity contribution in [2.24, 2.45) is 11.8 Å². The summed E-state index contributed by atoms with van der Waals surface area (Å²) in [5.74, 6) is -1.44. The number of esters is 2. The third-order valence-electron chi connectivity index (χ3n) is 11.0. The molecule has 0 heterocycles. The van der Waals surface area contributed by atoms with Gasteiger partial charge >= 0.3 is 11.9 Å². The van der Waals surface area contributed by atoms with Crippen LogP contribution in [-0.2, 0) is 32.7 Å². The number of ether oxygens (including phenoxy) is 2. The number of allylic oxidation sites excluding steroid dienone is 2. The molecule has 1 saturated carbocycles. The molecule has 13 heteroatoms. The smallest absolute Gasteiger partial charge is 0.306 e. The highest BCUT2D eigenvalue weighted by Crippen LogP contribution is 2.38. The summed E-state index contributed by atoms with van der Waals surface area (Å²) in [6.07, 6.45) is 28.7. The summed E-state index contributed by atoms with van der Waals surface area (Å²) in [6.45, 7) is 3.86. The van der Waals surface area contributed by atoms with Crippen molar-refractivity contribution in [3.63, 3.8) is 0 Å². The molecule has 0 bridgehead atoms. The molecule has 59 heavy (non-hydrogen) atoms. The number of phosphoric ester groups is 1. The van der Waals surface area contributed by atoms with E-state index in [9.17, 15) is 34.4 Å². The molecule has 0 aromatic rings. The van der Waals surface area contributed by atoms with Gasteiger partial charge in [-0.25, -0.2) is 0 Å². The standard InChI is InChI=1S/C46H86NO11P/c1-6-8-10-11-12-13-14-15-16-17-18-19-20-21-26-30-45(51)55-37-40(38-57-59(53,54)56-35-34-47(3,4)5)58-46(52)31-27-23-22-25-29-41-42(44(50)36-43(41)49)33-32-39(48)28-24-9-7-2/h22,25,32-33,39-44,48-50H,6-21,23-24,26-31,34-38H2,1-5H3/b25-22-,33-32+. The van der Waals surface area contributed by atoms with Crippen LogP contribution in [0.15, 0.2) is 24.3 Å². The first-order valence-corrected chi connectivity index (χ1v) is 24.8. The zero-order valence-corrected chi connectivity index (χ0v) is 38.7. The highest BCUT2D eigenvalue weighted by Gasteiger charge is 2.39. The van der Waals surface area contributed by atoms with E-state index < -0.39 is 50.8 Å². The maximum absolute atomic E-state index is 12.8. The van der Waals surface area contributed by atoms with Crippen LogP contribution in [0.5, 0.6) is 0 Å². The van der Waals surface area contributed by atoms with Crippen LogP contribution < -0.4 is 4.89 Å². The molecule has 0 radical (unpaired) electrons. The Labute approximate surface area is 358 Å². The lowest BCUT2D eigenvalue weighted by Crippen LogP contribution is -2.37. The molecule has 0 aliphatic heterocycles. The minimum Gasteiger partial charge on any atom is -0.756 e. The Morgan fingerprint density at radius 3 is 1.90 bits per heavy atom. The van der Waals surface area contributed by atoms with Gasteiger partial charge in [-0.1, -0.05) is 147 Å². The van der Waals surface area contributed by atoms with Crippen molar-refractivity contribution in [3.05, 3.63) is 24.3 Å². The normalized spacial score (nSPS) is 20.6. The van der Waals surface area contributed by atoms with Crippen LogP contribution in [0, 0.1) is 11.8 Å². The monoisotopic (exact) mass is 860 g/mol. The van der Waals surface area contributed by atoms with E-state index >= 15 is 0 Å². The fourth-order valence-electron chi connectivity index (χ4n) is 7.30. The van der Waals surface area contributed by atoms with Crippen LogP contribution in [-0.4, -0.2) is 104 Å². The summed E-state index contributed by atoms with van der Waals surface area (Å²) in [5, 5.41) is 31.4. The molecule has 0 amide bonds. The number of carbonyl (C=O) groups excluding carboxylic acids is 2.